The number of pyridine rings is 1. The molecule has 42 heavy (non-hydrogen) atoms. The molecule has 0 bridgehead atoms. The standard InChI is InChI=1S/C29H36F2N6O4S/c1-34(2)29(11-9-17(10-12-29)28(41)35(3)20-7-8-20)36(4)37-15-21(25(39)26(40)23(37)16-38)27(33)42-24(32)13-18-5-6-19(30)14-22(18)31/h5-6,14-17,20,32-33,40H,7-13H2,1-4H3. The van der Waals surface area contributed by atoms with Crippen LogP contribution in [-0.4, -0.2) is 81.8 Å². The molecule has 2 fully saturated rings. The zero-order valence-corrected chi connectivity index (χ0v) is 24.9. The van der Waals surface area contributed by atoms with Crippen molar-refractivity contribution in [1.82, 2.24) is 14.5 Å². The molecule has 226 valence electrons. The Hall–Kier alpha value is -3.58. The first-order valence-electron chi connectivity index (χ1n) is 13.7. The minimum atomic E-state index is -0.948. The van der Waals surface area contributed by atoms with Crippen LogP contribution in [0.1, 0.15) is 60.1 Å². The maximum atomic E-state index is 14.1. The highest BCUT2D eigenvalue weighted by atomic mass is 32.2. The fourth-order valence-electron chi connectivity index (χ4n) is 5.69. The van der Waals surface area contributed by atoms with Crippen molar-refractivity contribution in [1.29, 1.82) is 10.8 Å². The maximum absolute atomic E-state index is 14.1. The van der Waals surface area contributed by atoms with Crippen LogP contribution in [0.3, 0.4) is 0 Å². The number of nitrogens with zero attached hydrogens (tertiary/aromatic N) is 4. The number of aromatic hydroxyl groups is 1. The summed E-state index contributed by atoms with van der Waals surface area (Å²) in [5.41, 5.74) is -2.11. The van der Waals surface area contributed by atoms with Crippen LogP contribution in [0.15, 0.2) is 29.2 Å². The Morgan fingerprint density at radius 3 is 2.33 bits per heavy atom. The van der Waals surface area contributed by atoms with Crippen LogP contribution < -0.4 is 10.4 Å². The second kappa shape index (κ2) is 12.3. The number of hydrogen-bond acceptors (Lipinski definition) is 9. The number of benzene rings is 1. The second-order valence-corrected chi connectivity index (χ2v) is 12.3. The van der Waals surface area contributed by atoms with Crippen LogP contribution >= 0.6 is 11.8 Å². The summed E-state index contributed by atoms with van der Waals surface area (Å²) in [6.07, 6.45) is 5.83. The summed E-state index contributed by atoms with van der Waals surface area (Å²) in [5, 5.41) is 28.7. The summed E-state index contributed by atoms with van der Waals surface area (Å²) in [7, 11) is 7.33. The molecule has 1 aromatic carbocycles. The number of carbonyl (C=O) groups excluding carboxylic acids is 2. The van der Waals surface area contributed by atoms with Gasteiger partial charge in [-0.05, 0) is 64.3 Å². The monoisotopic (exact) mass is 602 g/mol. The van der Waals surface area contributed by atoms with Crippen molar-refractivity contribution in [3.05, 3.63) is 63.1 Å². The topological polar surface area (TPSA) is 134 Å². The number of carbonyl (C=O) groups is 2. The molecule has 13 heteroatoms. The van der Waals surface area contributed by atoms with Gasteiger partial charge in [-0.25, -0.2) is 8.78 Å². The molecule has 0 spiro atoms. The van der Waals surface area contributed by atoms with Crippen LogP contribution in [0.5, 0.6) is 5.75 Å². The van der Waals surface area contributed by atoms with Gasteiger partial charge in [-0.1, -0.05) is 17.8 Å². The van der Waals surface area contributed by atoms with Gasteiger partial charge in [0.25, 0.3) is 0 Å². The summed E-state index contributed by atoms with van der Waals surface area (Å²) in [4.78, 5) is 42.0. The molecule has 2 aromatic rings. The molecular formula is C29H36F2N6O4S. The van der Waals surface area contributed by atoms with Gasteiger partial charge in [0.05, 0.1) is 10.6 Å². The number of aldehydes is 1. The molecule has 1 amide bonds. The summed E-state index contributed by atoms with van der Waals surface area (Å²) in [6.45, 7) is 0. The Morgan fingerprint density at radius 1 is 1.14 bits per heavy atom. The Labute approximate surface area is 247 Å². The molecular weight excluding hydrogens is 566 g/mol. The van der Waals surface area contributed by atoms with E-state index < -0.39 is 28.5 Å². The third kappa shape index (κ3) is 6.12. The van der Waals surface area contributed by atoms with Crippen molar-refractivity contribution in [2.24, 2.45) is 5.92 Å². The average molecular weight is 603 g/mol. The van der Waals surface area contributed by atoms with E-state index in [1.54, 1.807) is 12.1 Å². The summed E-state index contributed by atoms with van der Waals surface area (Å²) in [5.74, 6) is -2.40. The van der Waals surface area contributed by atoms with E-state index in [2.05, 4.69) is 0 Å². The largest absolute Gasteiger partial charge is 0.503 e. The lowest BCUT2D eigenvalue weighted by molar-refractivity contribution is -0.136. The lowest BCUT2D eigenvalue weighted by Gasteiger charge is -2.52. The Bertz CT molecular complexity index is 1470. The third-order valence-electron chi connectivity index (χ3n) is 8.48. The average Bonchev–Trinajstić information content (AvgIpc) is 3.80. The first-order chi connectivity index (χ1) is 19.8. The van der Waals surface area contributed by atoms with E-state index in [0.29, 0.717) is 55.8 Å². The van der Waals surface area contributed by atoms with Gasteiger partial charge >= 0.3 is 0 Å². The molecule has 3 N–H and O–H groups in total. The SMILES string of the molecule is CN(C(=O)C1CCC(N(C)C)(N(C)n2cc(C(=N)SC(=N)Cc3ccc(F)cc3F)c(=O)c(O)c2C=O)CC1)C1CC1. The zero-order chi connectivity index (χ0) is 30.9. The minimum absolute atomic E-state index is 0.0586. The smallest absolute Gasteiger partial charge is 0.233 e. The van der Waals surface area contributed by atoms with Crippen LogP contribution in [0.25, 0.3) is 0 Å². The fraction of sp³-hybridized carbons (Fsp3) is 0.483. The van der Waals surface area contributed by atoms with E-state index in [9.17, 15) is 28.3 Å². The Kier molecular flexibility index (Phi) is 9.21. The van der Waals surface area contributed by atoms with E-state index >= 15 is 0 Å². The van der Waals surface area contributed by atoms with Crippen molar-refractivity contribution in [3.8, 4) is 5.75 Å². The number of hydrogen-bond donors (Lipinski definition) is 3. The van der Waals surface area contributed by atoms with Crippen molar-refractivity contribution in [2.75, 3.05) is 33.2 Å². The molecule has 0 radical (unpaired) electrons. The fourth-order valence-corrected chi connectivity index (χ4v) is 6.42. The molecule has 0 atom stereocenters. The van der Waals surface area contributed by atoms with Gasteiger partial charge in [0.15, 0.2) is 12.0 Å². The molecule has 2 saturated carbocycles. The Morgan fingerprint density at radius 2 is 1.79 bits per heavy atom. The van der Waals surface area contributed by atoms with Crippen LogP contribution in [-0.2, 0) is 11.2 Å². The van der Waals surface area contributed by atoms with Gasteiger partial charge in [-0.2, -0.15) is 0 Å². The number of nitrogens with one attached hydrogen (secondary N) is 2. The highest BCUT2D eigenvalue weighted by Crippen LogP contribution is 2.39. The normalized spacial score (nSPS) is 20.3. The number of halogens is 2. The van der Waals surface area contributed by atoms with Crippen molar-refractivity contribution in [3.63, 3.8) is 0 Å². The summed E-state index contributed by atoms with van der Waals surface area (Å²) >= 11 is 0.594. The number of thioether (sulfide) groups is 1. The summed E-state index contributed by atoms with van der Waals surface area (Å²) in [6, 6.07) is 3.31. The molecule has 10 nitrogen and oxygen atoms in total. The third-order valence-corrected chi connectivity index (χ3v) is 9.30. The number of amides is 1. The predicted molar refractivity (Wildman–Crippen MR) is 158 cm³/mol. The molecule has 0 saturated heterocycles. The molecule has 0 unspecified atom stereocenters. The van der Waals surface area contributed by atoms with Crippen LogP contribution in [0.2, 0.25) is 0 Å². The van der Waals surface area contributed by atoms with E-state index in [0.717, 1.165) is 18.9 Å². The van der Waals surface area contributed by atoms with Gasteiger partial charge in [-0.3, -0.25) is 39.8 Å². The second-order valence-electron chi connectivity index (χ2n) is 11.2. The van der Waals surface area contributed by atoms with E-state index in [1.165, 1.54) is 16.9 Å². The van der Waals surface area contributed by atoms with Crippen LogP contribution in [0, 0.1) is 28.4 Å². The molecule has 1 heterocycles. The zero-order valence-electron chi connectivity index (χ0n) is 24.1. The summed E-state index contributed by atoms with van der Waals surface area (Å²) < 4.78 is 28.7. The van der Waals surface area contributed by atoms with Crippen molar-refractivity contribution in [2.45, 2.75) is 56.7 Å². The van der Waals surface area contributed by atoms with Gasteiger partial charge in [0.1, 0.15) is 28.0 Å². The van der Waals surface area contributed by atoms with Gasteiger partial charge in [-0.15, -0.1) is 0 Å². The van der Waals surface area contributed by atoms with E-state index in [1.807, 2.05) is 30.9 Å². The van der Waals surface area contributed by atoms with Crippen LogP contribution in [0.4, 0.5) is 8.78 Å². The van der Waals surface area contributed by atoms with E-state index in [4.69, 9.17) is 10.8 Å². The number of aromatic nitrogens is 1. The predicted octanol–water partition coefficient (Wildman–Crippen LogP) is 3.56. The van der Waals surface area contributed by atoms with Crippen molar-refractivity contribution < 1.29 is 23.5 Å². The molecule has 4 rings (SSSR count). The number of rotatable bonds is 9. The first-order valence-corrected chi connectivity index (χ1v) is 14.5. The maximum Gasteiger partial charge on any atom is 0.233 e. The molecule has 2 aliphatic carbocycles. The highest BCUT2D eigenvalue weighted by Gasteiger charge is 2.45. The van der Waals surface area contributed by atoms with E-state index in [-0.39, 0.29) is 45.2 Å². The Balaban J connectivity index is 1.59. The van der Waals surface area contributed by atoms with Gasteiger partial charge in [0.2, 0.25) is 11.3 Å². The molecule has 0 aliphatic heterocycles. The highest BCUT2D eigenvalue weighted by molar-refractivity contribution is 8.26. The quantitative estimate of drug-likeness (QED) is 0.173. The lowest BCUT2D eigenvalue weighted by Crippen LogP contribution is -2.63. The van der Waals surface area contributed by atoms with Crippen molar-refractivity contribution >= 4 is 34.0 Å². The molecule has 2 aliphatic rings. The minimum Gasteiger partial charge on any atom is -0.503 e. The lowest BCUT2D eigenvalue weighted by atomic mass is 9.80. The van der Waals surface area contributed by atoms with Gasteiger partial charge in [0, 0.05) is 44.7 Å². The first kappa shape index (κ1) is 31.4. The van der Waals surface area contributed by atoms with Gasteiger partial charge < -0.3 is 10.0 Å². The molecule has 1 aromatic heterocycles.